The summed E-state index contributed by atoms with van der Waals surface area (Å²) < 4.78 is 75.3. The van der Waals surface area contributed by atoms with Crippen LogP contribution in [-0.2, 0) is 12.4 Å². The van der Waals surface area contributed by atoms with E-state index in [1.807, 2.05) is 0 Å². The SMILES string of the molecule is OCC#Cc1c(C(F)(F)F)cccc1C(F)(F)F. The lowest BCUT2D eigenvalue weighted by Gasteiger charge is -2.14. The molecule has 0 amide bonds. The van der Waals surface area contributed by atoms with Crippen molar-refractivity contribution in [2.75, 3.05) is 6.61 Å². The second kappa shape index (κ2) is 4.90. The molecule has 1 aromatic rings. The smallest absolute Gasteiger partial charge is 0.384 e. The second-order valence-electron chi connectivity index (χ2n) is 3.18. The lowest BCUT2D eigenvalue weighted by Crippen LogP contribution is -2.14. The largest absolute Gasteiger partial charge is 0.417 e. The Morgan fingerprint density at radius 2 is 1.39 bits per heavy atom. The minimum Gasteiger partial charge on any atom is -0.384 e. The molecule has 0 aliphatic rings. The van der Waals surface area contributed by atoms with E-state index in [2.05, 4.69) is 0 Å². The first-order chi connectivity index (χ1) is 8.18. The van der Waals surface area contributed by atoms with Gasteiger partial charge in [-0.05, 0) is 12.1 Å². The maximum absolute atomic E-state index is 12.5. The number of rotatable bonds is 0. The van der Waals surface area contributed by atoms with Gasteiger partial charge in [0.2, 0.25) is 0 Å². The quantitative estimate of drug-likeness (QED) is 0.566. The molecule has 0 heterocycles. The van der Waals surface area contributed by atoms with Crippen LogP contribution in [0.25, 0.3) is 0 Å². The Morgan fingerprint density at radius 3 is 1.72 bits per heavy atom. The Kier molecular flexibility index (Phi) is 3.92. The van der Waals surface area contributed by atoms with Crippen LogP contribution in [0.15, 0.2) is 18.2 Å². The van der Waals surface area contributed by atoms with Gasteiger partial charge in [-0.25, -0.2) is 0 Å². The molecule has 0 bridgehead atoms. The molecule has 0 saturated heterocycles. The molecule has 7 heteroatoms. The molecule has 98 valence electrons. The molecule has 0 aliphatic heterocycles. The maximum atomic E-state index is 12.5. The monoisotopic (exact) mass is 268 g/mol. The number of halogens is 6. The van der Waals surface area contributed by atoms with Gasteiger partial charge in [0.05, 0.1) is 11.1 Å². The Bertz CT molecular complexity index is 457. The Hall–Kier alpha value is -1.68. The van der Waals surface area contributed by atoms with Crippen molar-refractivity contribution >= 4 is 0 Å². The van der Waals surface area contributed by atoms with Crippen molar-refractivity contribution in [3.05, 3.63) is 34.9 Å². The van der Waals surface area contributed by atoms with Crippen LogP contribution in [0.2, 0.25) is 0 Å². The van der Waals surface area contributed by atoms with Gasteiger partial charge in [-0.2, -0.15) is 26.3 Å². The molecule has 1 N–H and O–H groups in total. The molecule has 0 aliphatic carbocycles. The van der Waals surface area contributed by atoms with Gasteiger partial charge < -0.3 is 5.11 Å². The summed E-state index contributed by atoms with van der Waals surface area (Å²) in [5.41, 5.74) is -4.12. The van der Waals surface area contributed by atoms with Crippen molar-refractivity contribution in [2.45, 2.75) is 12.4 Å². The average Bonchev–Trinajstić information content (AvgIpc) is 2.23. The van der Waals surface area contributed by atoms with Crippen LogP contribution >= 0.6 is 0 Å². The number of aliphatic hydroxyl groups is 1. The first-order valence-electron chi connectivity index (χ1n) is 4.55. The van der Waals surface area contributed by atoms with Crippen molar-refractivity contribution < 1.29 is 31.4 Å². The highest BCUT2D eigenvalue weighted by atomic mass is 19.4. The van der Waals surface area contributed by atoms with Crippen molar-refractivity contribution in [1.82, 2.24) is 0 Å². The van der Waals surface area contributed by atoms with Gasteiger partial charge in [-0.1, -0.05) is 17.9 Å². The topological polar surface area (TPSA) is 20.2 Å². The Morgan fingerprint density at radius 1 is 0.944 bits per heavy atom. The average molecular weight is 268 g/mol. The van der Waals surface area contributed by atoms with E-state index < -0.39 is 35.6 Å². The van der Waals surface area contributed by atoms with Crippen molar-refractivity contribution in [3.63, 3.8) is 0 Å². The molecular weight excluding hydrogens is 262 g/mol. The molecule has 1 rings (SSSR count). The molecule has 1 aromatic carbocycles. The van der Waals surface area contributed by atoms with Gasteiger partial charge in [-0.15, -0.1) is 0 Å². The summed E-state index contributed by atoms with van der Waals surface area (Å²) >= 11 is 0. The molecule has 0 spiro atoms. The van der Waals surface area contributed by atoms with E-state index in [4.69, 9.17) is 5.11 Å². The van der Waals surface area contributed by atoms with Crippen molar-refractivity contribution in [1.29, 1.82) is 0 Å². The van der Waals surface area contributed by atoms with Crippen LogP contribution in [-0.4, -0.2) is 11.7 Å². The Balaban J connectivity index is 3.56. The third-order valence-corrected chi connectivity index (χ3v) is 1.97. The fourth-order valence-corrected chi connectivity index (χ4v) is 1.29. The molecule has 0 atom stereocenters. The zero-order chi connectivity index (χ0) is 14.0. The summed E-state index contributed by atoms with van der Waals surface area (Å²) in [5.74, 6) is 3.50. The Labute approximate surface area is 98.0 Å². The predicted octanol–water partition coefficient (Wildman–Crippen LogP) is 3.07. The molecule has 18 heavy (non-hydrogen) atoms. The first-order valence-corrected chi connectivity index (χ1v) is 4.55. The third kappa shape index (κ3) is 3.17. The summed E-state index contributed by atoms with van der Waals surface area (Å²) in [6.07, 6.45) is -9.89. The first kappa shape index (κ1) is 14.4. The van der Waals surface area contributed by atoms with Crippen LogP contribution in [0.1, 0.15) is 16.7 Å². The fraction of sp³-hybridized carbons (Fsp3) is 0.273. The molecule has 0 unspecified atom stereocenters. The van der Waals surface area contributed by atoms with E-state index in [-0.39, 0.29) is 0 Å². The minimum absolute atomic E-state index is 0.511. The highest BCUT2D eigenvalue weighted by Crippen LogP contribution is 2.38. The summed E-state index contributed by atoms with van der Waals surface area (Å²) in [4.78, 5) is 0. The van der Waals surface area contributed by atoms with Crippen LogP contribution in [0.3, 0.4) is 0 Å². The summed E-state index contributed by atoms with van der Waals surface area (Å²) in [7, 11) is 0. The van der Waals surface area contributed by atoms with E-state index in [1.54, 1.807) is 11.8 Å². The van der Waals surface area contributed by atoms with Gasteiger partial charge >= 0.3 is 12.4 Å². The van der Waals surface area contributed by atoms with Crippen LogP contribution in [0, 0.1) is 11.8 Å². The summed E-state index contributed by atoms with van der Waals surface area (Å²) in [6, 6.07) is 1.68. The van der Waals surface area contributed by atoms with E-state index in [0.29, 0.717) is 18.2 Å². The summed E-state index contributed by atoms with van der Waals surface area (Å²) in [5, 5.41) is 8.38. The van der Waals surface area contributed by atoms with Gasteiger partial charge in [0, 0.05) is 5.56 Å². The molecular formula is C11H6F6O. The molecule has 0 saturated carbocycles. The normalized spacial score (nSPS) is 11.9. The predicted molar refractivity (Wildman–Crippen MR) is 50.4 cm³/mol. The lowest BCUT2D eigenvalue weighted by atomic mass is 10.0. The number of alkyl halides is 6. The number of hydrogen-bond acceptors (Lipinski definition) is 1. The van der Waals surface area contributed by atoms with Gasteiger partial charge in [0.15, 0.2) is 0 Å². The van der Waals surface area contributed by atoms with Crippen LogP contribution in [0.5, 0.6) is 0 Å². The molecule has 0 radical (unpaired) electrons. The van der Waals surface area contributed by atoms with Gasteiger partial charge in [0.1, 0.15) is 6.61 Å². The lowest BCUT2D eigenvalue weighted by molar-refractivity contribution is -0.143. The van der Waals surface area contributed by atoms with Crippen molar-refractivity contribution in [2.24, 2.45) is 0 Å². The highest BCUT2D eigenvalue weighted by Gasteiger charge is 2.40. The third-order valence-electron chi connectivity index (χ3n) is 1.97. The van der Waals surface area contributed by atoms with Crippen molar-refractivity contribution in [3.8, 4) is 11.8 Å². The van der Waals surface area contributed by atoms with E-state index >= 15 is 0 Å². The van der Waals surface area contributed by atoms with Gasteiger partial charge in [-0.3, -0.25) is 0 Å². The second-order valence-corrected chi connectivity index (χ2v) is 3.18. The van der Waals surface area contributed by atoms with Gasteiger partial charge in [0.25, 0.3) is 0 Å². The minimum atomic E-state index is -4.94. The zero-order valence-electron chi connectivity index (χ0n) is 8.65. The maximum Gasteiger partial charge on any atom is 0.417 e. The fourth-order valence-electron chi connectivity index (χ4n) is 1.29. The highest BCUT2D eigenvalue weighted by molar-refractivity contribution is 5.50. The summed E-state index contributed by atoms with van der Waals surface area (Å²) in [6.45, 7) is -0.830. The zero-order valence-corrected chi connectivity index (χ0v) is 8.65. The standard InChI is InChI=1S/C11H6F6O/c12-10(13,14)8-4-1-5-9(11(15,16)17)7(8)3-2-6-18/h1,4-5,18H,6H2. The number of benzene rings is 1. The number of hydrogen-bond donors (Lipinski definition) is 1. The molecule has 0 aromatic heterocycles. The van der Waals surface area contributed by atoms with Crippen LogP contribution < -0.4 is 0 Å². The molecule has 1 nitrogen and oxygen atoms in total. The van der Waals surface area contributed by atoms with E-state index in [1.165, 1.54) is 0 Å². The number of aliphatic hydroxyl groups excluding tert-OH is 1. The molecule has 0 fully saturated rings. The van der Waals surface area contributed by atoms with E-state index in [0.717, 1.165) is 0 Å². The van der Waals surface area contributed by atoms with Crippen LogP contribution in [0.4, 0.5) is 26.3 Å². The van der Waals surface area contributed by atoms with E-state index in [9.17, 15) is 26.3 Å².